The second-order valence-electron chi connectivity index (χ2n) is 5.62. The molecule has 20 heavy (non-hydrogen) atoms. The van der Waals surface area contributed by atoms with Crippen LogP contribution in [0, 0.1) is 6.92 Å². The predicted molar refractivity (Wildman–Crippen MR) is 89.9 cm³/mol. The third-order valence-electron chi connectivity index (χ3n) is 4.20. The van der Waals surface area contributed by atoms with Gasteiger partial charge >= 0.3 is 0 Å². The van der Waals surface area contributed by atoms with Crippen molar-refractivity contribution in [2.75, 3.05) is 16.8 Å². The number of hydrogen-bond donors (Lipinski definition) is 0. The maximum Gasteiger partial charge on any atom is 0.0726 e. The molecule has 1 aliphatic heterocycles. The number of hydrogen-bond acceptors (Lipinski definition) is 2. The number of rotatable bonds is 3. The maximum absolute atomic E-state index is 4.67. The zero-order chi connectivity index (χ0) is 13.9. The predicted octanol–water partition coefficient (Wildman–Crippen LogP) is 4.69. The molecule has 0 saturated carbocycles. The molecule has 2 aromatic rings. The Bertz CT molecular complexity index is 595. The van der Waals surface area contributed by atoms with Gasteiger partial charge in [-0.1, -0.05) is 34.1 Å². The van der Waals surface area contributed by atoms with Gasteiger partial charge in [-0.3, -0.25) is 4.98 Å². The molecule has 2 nitrogen and oxygen atoms in total. The average Bonchev–Trinajstić information content (AvgIpc) is 2.47. The minimum atomic E-state index is 0.660. The van der Waals surface area contributed by atoms with E-state index in [0.717, 1.165) is 16.5 Å². The summed E-state index contributed by atoms with van der Waals surface area (Å²) >= 11 is 3.61. The van der Waals surface area contributed by atoms with E-state index in [1.807, 2.05) is 0 Å². The standard InChI is InChI=1S/C17H21BrN2/c1-13-12-17(15-7-2-3-8-16(15)19-13)20-11-5-4-6-14(20)9-10-18/h2-3,7-8,12,14H,4-6,9-11H2,1H3. The van der Waals surface area contributed by atoms with Gasteiger partial charge in [0, 0.05) is 34.7 Å². The van der Waals surface area contributed by atoms with E-state index in [2.05, 4.69) is 63.1 Å². The molecular formula is C17H21BrN2. The van der Waals surface area contributed by atoms with Crippen LogP contribution in [-0.4, -0.2) is 22.9 Å². The molecule has 0 bridgehead atoms. The second kappa shape index (κ2) is 6.13. The van der Waals surface area contributed by atoms with E-state index >= 15 is 0 Å². The molecule has 0 aliphatic carbocycles. The molecule has 1 fully saturated rings. The molecule has 2 heterocycles. The van der Waals surface area contributed by atoms with Gasteiger partial charge in [0.1, 0.15) is 0 Å². The third kappa shape index (κ3) is 2.69. The van der Waals surface area contributed by atoms with E-state index in [4.69, 9.17) is 0 Å². The lowest BCUT2D eigenvalue weighted by molar-refractivity contribution is 0.453. The van der Waals surface area contributed by atoms with Gasteiger partial charge in [0.15, 0.2) is 0 Å². The molecule has 1 saturated heterocycles. The molecule has 1 atom stereocenters. The summed E-state index contributed by atoms with van der Waals surface area (Å²) < 4.78 is 0. The first-order chi connectivity index (χ1) is 9.79. The van der Waals surface area contributed by atoms with Gasteiger partial charge < -0.3 is 4.90 Å². The van der Waals surface area contributed by atoms with Crippen molar-refractivity contribution in [1.82, 2.24) is 4.98 Å². The highest BCUT2D eigenvalue weighted by Gasteiger charge is 2.23. The SMILES string of the molecule is Cc1cc(N2CCCCC2CCBr)c2ccccc2n1. The quantitative estimate of drug-likeness (QED) is 0.758. The van der Waals surface area contributed by atoms with Crippen LogP contribution in [0.1, 0.15) is 31.4 Å². The van der Waals surface area contributed by atoms with Crippen LogP contribution in [-0.2, 0) is 0 Å². The van der Waals surface area contributed by atoms with Crippen molar-refractivity contribution in [2.45, 2.75) is 38.6 Å². The van der Waals surface area contributed by atoms with Gasteiger partial charge in [-0.05, 0) is 44.7 Å². The Morgan fingerprint density at radius 2 is 2.15 bits per heavy atom. The Hall–Kier alpha value is -1.09. The van der Waals surface area contributed by atoms with Crippen LogP contribution < -0.4 is 4.90 Å². The molecule has 3 rings (SSSR count). The number of pyridine rings is 1. The van der Waals surface area contributed by atoms with Gasteiger partial charge in [-0.15, -0.1) is 0 Å². The molecule has 0 spiro atoms. The maximum atomic E-state index is 4.67. The highest BCUT2D eigenvalue weighted by atomic mass is 79.9. The van der Waals surface area contributed by atoms with Crippen molar-refractivity contribution in [3.8, 4) is 0 Å². The van der Waals surface area contributed by atoms with Crippen LogP contribution in [0.4, 0.5) is 5.69 Å². The normalized spacial score (nSPS) is 19.5. The first-order valence-electron chi connectivity index (χ1n) is 7.48. The average molecular weight is 333 g/mol. The summed E-state index contributed by atoms with van der Waals surface area (Å²) in [5.74, 6) is 0. The van der Waals surface area contributed by atoms with Crippen molar-refractivity contribution < 1.29 is 0 Å². The van der Waals surface area contributed by atoms with Gasteiger partial charge in [0.25, 0.3) is 0 Å². The fourth-order valence-corrected chi connectivity index (χ4v) is 3.80. The summed E-state index contributed by atoms with van der Waals surface area (Å²) in [7, 11) is 0. The zero-order valence-electron chi connectivity index (χ0n) is 12.0. The second-order valence-corrected chi connectivity index (χ2v) is 6.41. The van der Waals surface area contributed by atoms with Gasteiger partial charge in [-0.2, -0.15) is 0 Å². The first kappa shape index (κ1) is 13.9. The monoisotopic (exact) mass is 332 g/mol. The number of aryl methyl sites for hydroxylation is 1. The third-order valence-corrected chi connectivity index (χ3v) is 4.66. The van der Waals surface area contributed by atoms with Crippen molar-refractivity contribution in [1.29, 1.82) is 0 Å². The van der Waals surface area contributed by atoms with Crippen molar-refractivity contribution in [3.05, 3.63) is 36.0 Å². The Morgan fingerprint density at radius 3 is 3.00 bits per heavy atom. The number of halogens is 1. The summed E-state index contributed by atoms with van der Waals surface area (Å²) in [5.41, 5.74) is 3.60. The Kier molecular flexibility index (Phi) is 4.25. The fourth-order valence-electron chi connectivity index (χ4n) is 3.27. The van der Waals surface area contributed by atoms with Crippen LogP contribution in [0.2, 0.25) is 0 Å². The number of fused-ring (bicyclic) bond motifs is 1. The summed E-state index contributed by atoms with van der Waals surface area (Å²) in [6, 6.07) is 11.4. The van der Waals surface area contributed by atoms with Crippen LogP contribution in [0.5, 0.6) is 0 Å². The van der Waals surface area contributed by atoms with E-state index in [-0.39, 0.29) is 0 Å². The van der Waals surface area contributed by atoms with Crippen molar-refractivity contribution in [3.63, 3.8) is 0 Å². The summed E-state index contributed by atoms with van der Waals surface area (Å²) in [6.45, 7) is 3.27. The lowest BCUT2D eigenvalue weighted by Crippen LogP contribution is -2.40. The highest BCUT2D eigenvalue weighted by molar-refractivity contribution is 9.09. The number of piperidine rings is 1. The van der Waals surface area contributed by atoms with E-state index in [9.17, 15) is 0 Å². The van der Waals surface area contributed by atoms with Gasteiger partial charge in [0.05, 0.1) is 5.52 Å². The smallest absolute Gasteiger partial charge is 0.0726 e. The first-order valence-corrected chi connectivity index (χ1v) is 8.61. The number of anilines is 1. The van der Waals surface area contributed by atoms with Gasteiger partial charge in [0.2, 0.25) is 0 Å². The lowest BCUT2D eigenvalue weighted by atomic mass is 9.98. The molecule has 1 aromatic carbocycles. The molecule has 3 heteroatoms. The number of aromatic nitrogens is 1. The molecule has 1 aliphatic rings. The number of alkyl halides is 1. The molecule has 0 N–H and O–H groups in total. The molecular weight excluding hydrogens is 312 g/mol. The van der Waals surface area contributed by atoms with E-state index in [1.165, 1.54) is 43.3 Å². The number of benzene rings is 1. The molecule has 106 valence electrons. The zero-order valence-corrected chi connectivity index (χ0v) is 13.6. The Labute approximate surface area is 129 Å². The van der Waals surface area contributed by atoms with Crippen molar-refractivity contribution >= 4 is 32.5 Å². The minimum absolute atomic E-state index is 0.660. The van der Waals surface area contributed by atoms with Crippen LogP contribution >= 0.6 is 15.9 Å². The summed E-state index contributed by atoms with van der Waals surface area (Å²) in [5, 5.41) is 2.37. The lowest BCUT2D eigenvalue weighted by Gasteiger charge is -2.38. The van der Waals surface area contributed by atoms with Crippen LogP contribution in [0.15, 0.2) is 30.3 Å². The van der Waals surface area contributed by atoms with E-state index in [1.54, 1.807) is 0 Å². The van der Waals surface area contributed by atoms with E-state index in [0.29, 0.717) is 6.04 Å². The van der Waals surface area contributed by atoms with Crippen molar-refractivity contribution in [2.24, 2.45) is 0 Å². The largest absolute Gasteiger partial charge is 0.368 e. The molecule has 0 radical (unpaired) electrons. The number of para-hydroxylation sites is 1. The summed E-state index contributed by atoms with van der Waals surface area (Å²) in [4.78, 5) is 7.28. The number of nitrogens with zero attached hydrogens (tertiary/aromatic N) is 2. The Morgan fingerprint density at radius 1 is 1.30 bits per heavy atom. The van der Waals surface area contributed by atoms with Crippen LogP contribution in [0.3, 0.4) is 0 Å². The Balaban J connectivity index is 2.07. The highest BCUT2D eigenvalue weighted by Crippen LogP contribution is 2.32. The van der Waals surface area contributed by atoms with E-state index < -0.39 is 0 Å². The summed E-state index contributed by atoms with van der Waals surface area (Å²) in [6.07, 6.45) is 5.18. The fraction of sp³-hybridized carbons (Fsp3) is 0.471. The minimum Gasteiger partial charge on any atom is -0.368 e. The molecule has 0 amide bonds. The topological polar surface area (TPSA) is 16.1 Å². The van der Waals surface area contributed by atoms with Gasteiger partial charge in [-0.25, -0.2) is 0 Å². The van der Waals surface area contributed by atoms with Crippen LogP contribution in [0.25, 0.3) is 10.9 Å². The molecule has 1 unspecified atom stereocenters. The molecule has 1 aromatic heterocycles.